The molecule has 0 aliphatic carbocycles. The van der Waals surface area contributed by atoms with E-state index in [1.165, 1.54) is 5.56 Å². The minimum atomic E-state index is -0.703. The third-order valence-electron chi connectivity index (χ3n) is 3.69. The first-order valence-electron chi connectivity index (χ1n) is 6.31. The molecule has 1 aromatic carbocycles. The predicted octanol–water partition coefficient (Wildman–Crippen LogP) is 3.45. The topological polar surface area (TPSA) is 40.5 Å². The van der Waals surface area contributed by atoms with Gasteiger partial charge in [-0.15, -0.1) is 0 Å². The second-order valence-corrected chi connectivity index (χ2v) is 5.68. The quantitative estimate of drug-likeness (QED) is 0.926. The monoisotopic (exact) mass is 311 g/mol. The number of halogens is 1. The smallest absolute Gasteiger partial charge is 0.304 e. The molecule has 0 aromatic heterocycles. The number of carboxylic acids is 1. The van der Waals surface area contributed by atoms with E-state index in [1.807, 2.05) is 18.2 Å². The summed E-state index contributed by atoms with van der Waals surface area (Å²) >= 11 is 3.57. The lowest BCUT2D eigenvalue weighted by molar-refractivity contribution is -0.138. The van der Waals surface area contributed by atoms with Crippen LogP contribution in [0.1, 0.15) is 37.8 Å². The fraction of sp³-hybridized carbons (Fsp3) is 0.500. The Balaban J connectivity index is 2.15. The zero-order chi connectivity index (χ0) is 13.1. The Hall–Kier alpha value is -0.870. The SMILES string of the molecule is CC(c1ccccc1Br)N1CCCC1CC(=O)O. The molecule has 2 unspecified atom stereocenters. The van der Waals surface area contributed by atoms with Crippen LogP contribution in [0.2, 0.25) is 0 Å². The van der Waals surface area contributed by atoms with E-state index in [-0.39, 0.29) is 18.5 Å². The van der Waals surface area contributed by atoms with Gasteiger partial charge in [-0.2, -0.15) is 0 Å². The lowest BCUT2D eigenvalue weighted by atomic mass is 10.0. The summed E-state index contributed by atoms with van der Waals surface area (Å²) in [5.74, 6) is -0.703. The van der Waals surface area contributed by atoms with Crippen LogP contribution in [0.5, 0.6) is 0 Å². The molecule has 18 heavy (non-hydrogen) atoms. The van der Waals surface area contributed by atoms with Crippen molar-refractivity contribution in [2.24, 2.45) is 0 Å². The highest BCUT2D eigenvalue weighted by molar-refractivity contribution is 9.10. The number of aliphatic carboxylic acids is 1. The van der Waals surface area contributed by atoms with Gasteiger partial charge in [-0.05, 0) is 37.9 Å². The van der Waals surface area contributed by atoms with Gasteiger partial charge in [0.25, 0.3) is 0 Å². The van der Waals surface area contributed by atoms with E-state index < -0.39 is 5.97 Å². The van der Waals surface area contributed by atoms with Crippen molar-refractivity contribution >= 4 is 21.9 Å². The first kappa shape index (κ1) is 13.6. The summed E-state index contributed by atoms with van der Waals surface area (Å²) in [7, 11) is 0. The molecule has 3 nitrogen and oxygen atoms in total. The maximum Gasteiger partial charge on any atom is 0.304 e. The van der Waals surface area contributed by atoms with E-state index >= 15 is 0 Å². The van der Waals surface area contributed by atoms with Crippen LogP contribution in [-0.4, -0.2) is 28.6 Å². The zero-order valence-electron chi connectivity index (χ0n) is 10.5. The predicted molar refractivity (Wildman–Crippen MR) is 74.5 cm³/mol. The average molecular weight is 312 g/mol. The Morgan fingerprint density at radius 3 is 2.94 bits per heavy atom. The van der Waals surface area contributed by atoms with Crippen molar-refractivity contribution < 1.29 is 9.90 Å². The first-order chi connectivity index (χ1) is 8.59. The van der Waals surface area contributed by atoms with Crippen molar-refractivity contribution in [1.29, 1.82) is 0 Å². The fourth-order valence-corrected chi connectivity index (χ4v) is 3.40. The molecule has 4 heteroatoms. The van der Waals surface area contributed by atoms with Gasteiger partial charge in [-0.1, -0.05) is 34.1 Å². The van der Waals surface area contributed by atoms with E-state index in [9.17, 15) is 4.79 Å². The number of rotatable bonds is 4. The van der Waals surface area contributed by atoms with E-state index in [1.54, 1.807) is 0 Å². The Labute approximate surface area is 116 Å². The van der Waals surface area contributed by atoms with Gasteiger partial charge in [0.15, 0.2) is 0 Å². The Bertz CT molecular complexity index is 436. The second-order valence-electron chi connectivity index (χ2n) is 4.83. The summed E-state index contributed by atoms with van der Waals surface area (Å²) < 4.78 is 1.10. The van der Waals surface area contributed by atoms with Crippen molar-refractivity contribution in [1.82, 2.24) is 4.90 Å². The molecule has 0 amide bonds. The molecule has 2 atom stereocenters. The molecular formula is C14H18BrNO2. The van der Waals surface area contributed by atoms with Gasteiger partial charge in [0, 0.05) is 16.6 Å². The van der Waals surface area contributed by atoms with E-state index in [0.29, 0.717) is 0 Å². The van der Waals surface area contributed by atoms with Crippen molar-refractivity contribution in [3.05, 3.63) is 34.3 Å². The third kappa shape index (κ3) is 2.93. The molecule has 0 spiro atoms. The van der Waals surface area contributed by atoms with Gasteiger partial charge in [-0.3, -0.25) is 9.69 Å². The van der Waals surface area contributed by atoms with Crippen molar-refractivity contribution in [2.45, 2.75) is 38.3 Å². The van der Waals surface area contributed by atoms with Crippen molar-refractivity contribution in [3.63, 3.8) is 0 Å². The maximum atomic E-state index is 10.9. The fourth-order valence-electron chi connectivity index (χ4n) is 2.78. The van der Waals surface area contributed by atoms with Crippen molar-refractivity contribution in [3.8, 4) is 0 Å². The van der Waals surface area contributed by atoms with Gasteiger partial charge < -0.3 is 5.11 Å². The van der Waals surface area contributed by atoms with Gasteiger partial charge in [-0.25, -0.2) is 0 Å². The molecule has 1 heterocycles. The van der Waals surface area contributed by atoms with Crippen LogP contribution in [0.25, 0.3) is 0 Å². The molecule has 0 bridgehead atoms. The summed E-state index contributed by atoms with van der Waals surface area (Å²) in [6.45, 7) is 3.14. The summed E-state index contributed by atoms with van der Waals surface area (Å²) in [6, 6.07) is 8.59. The van der Waals surface area contributed by atoms with Crippen LogP contribution in [0, 0.1) is 0 Å². The Kier molecular flexibility index (Phi) is 4.40. The summed E-state index contributed by atoms with van der Waals surface area (Å²) in [5, 5.41) is 8.96. The molecule has 0 radical (unpaired) electrons. The first-order valence-corrected chi connectivity index (χ1v) is 7.11. The number of carboxylic acid groups (broad SMARTS) is 1. The minimum Gasteiger partial charge on any atom is -0.481 e. The number of likely N-dealkylation sites (tertiary alicyclic amines) is 1. The standard InChI is InChI=1S/C14H18BrNO2/c1-10(12-6-2-3-7-13(12)15)16-8-4-5-11(16)9-14(17)18/h2-3,6-7,10-11H,4-5,8-9H2,1H3,(H,17,18). The van der Waals surface area contributed by atoms with Gasteiger partial charge >= 0.3 is 5.97 Å². The second kappa shape index (κ2) is 5.85. The third-order valence-corrected chi connectivity index (χ3v) is 4.41. The van der Waals surface area contributed by atoms with E-state index in [2.05, 4.69) is 33.8 Å². The molecule has 1 fully saturated rings. The van der Waals surface area contributed by atoms with Crippen LogP contribution in [0.3, 0.4) is 0 Å². The maximum absolute atomic E-state index is 10.9. The number of hydrogen-bond acceptors (Lipinski definition) is 2. The normalized spacial score (nSPS) is 22.0. The van der Waals surface area contributed by atoms with Crippen molar-refractivity contribution in [2.75, 3.05) is 6.54 Å². The molecule has 98 valence electrons. The van der Waals surface area contributed by atoms with E-state index in [4.69, 9.17) is 5.11 Å². The number of nitrogens with zero attached hydrogens (tertiary/aromatic N) is 1. The van der Waals surface area contributed by atoms with Crippen LogP contribution >= 0.6 is 15.9 Å². The van der Waals surface area contributed by atoms with Crippen LogP contribution in [0.4, 0.5) is 0 Å². The van der Waals surface area contributed by atoms with E-state index in [0.717, 1.165) is 23.9 Å². The Morgan fingerprint density at radius 2 is 2.28 bits per heavy atom. The molecule has 1 aliphatic heterocycles. The lowest BCUT2D eigenvalue weighted by Gasteiger charge is -2.30. The Morgan fingerprint density at radius 1 is 1.56 bits per heavy atom. The van der Waals surface area contributed by atoms with Gasteiger partial charge in [0.2, 0.25) is 0 Å². The zero-order valence-corrected chi connectivity index (χ0v) is 12.1. The molecular weight excluding hydrogens is 294 g/mol. The number of carbonyl (C=O) groups is 1. The molecule has 2 rings (SSSR count). The molecule has 1 aliphatic rings. The number of hydrogen-bond donors (Lipinski definition) is 1. The highest BCUT2D eigenvalue weighted by atomic mass is 79.9. The molecule has 1 aromatic rings. The molecule has 1 N–H and O–H groups in total. The highest BCUT2D eigenvalue weighted by Gasteiger charge is 2.31. The minimum absolute atomic E-state index is 0.171. The lowest BCUT2D eigenvalue weighted by Crippen LogP contribution is -2.33. The summed E-state index contributed by atoms with van der Waals surface area (Å²) in [6.07, 6.45) is 2.32. The van der Waals surface area contributed by atoms with Crippen LogP contribution < -0.4 is 0 Å². The molecule has 1 saturated heterocycles. The largest absolute Gasteiger partial charge is 0.481 e. The average Bonchev–Trinajstić information content (AvgIpc) is 2.76. The molecule has 0 saturated carbocycles. The van der Waals surface area contributed by atoms with Gasteiger partial charge in [0.1, 0.15) is 0 Å². The van der Waals surface area contributed by atoms with Crippen LogP contribution in [0.15, 0.2) is 28.7 Å². The van der Waals surface area contributed by atoms with Gasteiger partial charge in [0.05, 0.1) is 6.42 Å². The summed E-state index contributed by atoms with van der Waals surface area (Å²) in [4.78, 5) is 13.2. The number of benzene rings is 1. The highest BCUT2D eigenvalue weighted by Crippen LogP contribution is 2.33. The van der Waals surface area contributed by atoms with Crippen LogP contribution in [-0.2, 0) is 4.79 Å². The summed E-state index contributed by atoms with van der Waals surface area (Å²) in [5.41, 5.74) is 1.23.